The molecule has 1 N–H and O–H groups in total. The molecule has 5 nitrogen and oxygen atoms in total. The molecule has 0 saturated carbocycles. The standard InChI is InChI=1S/C25H26ClN3O2/c1-18-22(25(26)29(27-18)21-10-6-3-7-11-21)12-13-23(30)28-16-14-20(15-17-28)24(31)19-8-4-2-5-9-19/h2-13,20,24,31H,14-17H2,1H3. The number of amides is 1. The van der Waals surface area contributed by atoms with Crippen molar-refractivity contribution in [2.45, 2.75) is 25.9 Å². The fourth-order valence-corrected chi connectivity index (χ4v) is 4.39. The lowest BCUT2D eigenvalue weighted by Crippen LogP contribution is -2.38. The van der Waals surface area contributed by atoms with Gasteiger partial charge >= 0.3 is 0 Å². The quantitative estimate of drug-likeness (QED) is 0.584. The van der Waals surface area contributed by atoms with Crippen LogP contribution in [-0.2, 0) is 4.79 Å². The third-order valence-electron chi connectivity index (χ3n) is 5.88. The Morgan fingerprint density at radius 3 is 2.35 bits per heavy atom. The molecule has 1 fully saturated rings. The second kappa shape index (κ2) is 9.50. The van der Waals surface area contributed by atoms with Gasteiger partial charge < -0.3 is 10.0 Å². The number of piperidine rings is 1. The van der Waals surface area contributed by atoms with E-state index in [1.54, 1.807) is 16.8 Å². The van der Waals surface area contributed by atoms with Gasteiger partial charge in [0.05, 0.1) is 17.5 Å². The molecule has 6 heteroatoms. The predicted octanol–water partition coefficient (Wildman–Crippen LogP) is 4.82. The number of benzene rings is 2. The molecule has 0 radical (unpaired) electrons. The van der Waals surface area contributed by atoms with Crippen LogP contribution in [0.25, 0.3) is 11.8 Å². The van der Waals surface area contributed by atoms with Crippen molar-refractivity contribution in [3.8, 4) is 5.69 Å². The molecule has 160 valence electrons. The number of halogens is 1. The number of aromatic nitrogens is 2. The number of hydrogen-bond donors (Lipinski definition) is 1. The van der Waals surface area contributed by atoms with Crippen LogP contribution in [0, 0.1) is 12.8 Å². The van der Waals surface area contributed by atoms with Crippen molar-refractivity contribution in [3.63, 3.8) is 0 Å². The summed E-state index contributed by atoms with van der Waals surface area (Å²) < 4.78 is 1.68. The molecule has 1 saturated heterocycles. The average Bonchev–Trinajstić information content (AvgIpc) is 3.11. The zero-order valence-corrected chi connectivity index (χ0v) is 18.2. The van der Waals surface area contributed by atoms with Gasteiger partial charge in [0.15, 0.2) is 0 Å². The van der Waals surface area contributed by atoms with Crippen molar-refractivity contribution < 1.29 is 9.90 Å². The van der Waals surface area contributed by atoms with Crippen molar-refractivity contribution in [1.29, 1.82) is 0 Å². The Morgan fingerprint density at radius 1 is 1.10 bits per heavy atom. The van der Waals surface area contributed by atoms with Gasteiger partial charge in [0.1, 0.15) is 5.15 Å². The van der Waals surface area contributed by atoms with Gasteiger partial charge in [-0.15, -0.1) is 0 Å². The highest BCUT2D eigenvalue weighted by atomic mass is 35.5. The van der Waals surface area contributed by atoms with Crippen LogP contribution in [0.3, 0.4) is 0 Å². The monoisotopic (exact) mass is 435 g/mol. The number of aryl methyl sites for hydroxylation is 1. The van der Waals surface area contributed by atoms with Gasteiger partial charge in [0.25, 0.3) is 0 Å². The van der Waals surface area contributed by atoms with Gasteiger partial charge in [-0.3, -0.25) is 4.79 Å². The van der Waals surface area contributed by atoms with Crippen LogP contribution in [-0.4, -0.2) is 38.8 Å². The molecule has 2 heterocycles. The van der Waals surface area contributed by atoms with E-state index in [4.69, 9.17) is 11.6 Å². The van der Waals surface area contributed by atoms with E-state index in [9.17, 15) is 9.90 Å². The molecule has 0 aliphatic carbocycles. The summed E-state index contributed by atoms with van der Waals surface area (Å²) in [4.78, 5) is 14.6. The van der Waals surface area contributed by atoms with Gasteiger partial charge in [-0.05, 0) is 49.5 Å². The summed E-state index contributed by atoms with van der Waals surface area (Å²) in [5.41, 5.74) is 3.32. The zero-order valence-electron chi connectivity index (χ0n) is 17.5. The largest absolute Gasteiger partial charge is 0.388 e. The minimum atomic E-state index is -0.487. The Kier molecular flexibility index (Phi) is 6.54. The Morgan fingerprint density at radius 2 is 1.71 bits per heavy atom. The van der Waals surface area contributed by atoms with E-state index < -0.39 is 6.10 Å². The smallest absolute Gasteiger partial charge is 0.246 e. The highest BCUT2D eigenvalue weighted by Crippen LogP contribution is 2.31. The summed E-state index contributed by atoms with van der Waals surface area (Å²) in [6.45, 7) is 3.15. The van der Waals surface area contributed by atoms with Crippen molar-refractivity contribution in [3.05, 3.63) is 88.7 Å². The lowest BCUT2D eigenvalue weighted by Gasteiger charge is -2.33. The van der Waals surface area contributed by atoms with Crippen LogP contribution < -0.4 is 0 Å². The third-order valence-corrected chi connectivity index (χ3v) is 6.24. The third kappa shape index (κ3) is 4.73. The number of aliphatic hydroxyl groups excluding tert-OH is 1. The Hall–Kier alpha value is -2.89. The number of likely N-dealkylation sites (tertiary alicyclic amines) is 1. The van der Waals surface area contributed by atoms with E-state index in [-0.39, 0.29) is 11.8 Å². The molecule has 2 aromatic carbocycles. The van der Waals surface area contributed by atoms with E-state index in [0.717, 1.165) is 35.3 Å². The van der Waals surface area contributed by atoms with Crippen LogP contribution >= 0.6 is 11.6 Å². The average molecular weight is 436 g/mol. The number of nitrogens with zero attached hydrogens (tertiary/aromatic N) is 3. The highest BCUT2D eigenvalue weighted by molar-refractivity contribution is 6.31. The van der Waals surface area contributed by atoms with Crippen LogP contribution in [0.2, 0.25) is 5.15 Å². The topological polar surface area (TPSA) is 58.4 Å². The molecular weight excluding hydrogens is 410 g/mol. The Balaban J connectivity index is 1.39. The van der Waals surface area contributed by atoms with Gasteiger partial charge in [-0.2, -0.15) is 5.10 Å². The van der Waals surface area contributed by atoms with Crippen LogP contribution in [0.5, 0.6) is 0 Å². The van der Waals surface area contributed by atoms with Gasteiger partial charge in [-0.1, -0.05) is 60.1 Å². The molecule has 0 bridgehead atoms. The number of carbonyl (C=O) groups excluding carboxylic acids is 1. The molecule has 3 aromatic rings. The summed E-state index contributed by atoms with van der Waals surface area (Å²) in [5.74, 6) is 0.117. The number of hydrogen-bond acceptors (Lipinski definition) is 3. The summed E-state index contributed by atoms with van der Waals surface area (Å²) in [6.07, 6.45) is 4.39. The maximum atomic E-state index is 12.7. The Bertz CT molecular complexity index is 1060. The van der Waals surface area contributed by atoms with Gasteiger partial charge in [0.2, 0.25) is 5.91 Å². The van der Waals surface area contributed by atoms with Crippen molar-refractivity contribution in [2.24, 2.45) is 5.92 Å². The molecular formula is C25H26ClN3O2. The summed E-state index contributed by atoms with van der Waals surface area (Å²) in [7, 11) is 0. The normalized spacial score (nSPS) is 16.0. The van der Waals surface area contributed by atoms with Crippen LogP contribution in [0.15, 0.2) is 66.7 Å². The van der Waals surface area contributed by atoms with E-state index in [1.165, 1.54) is 0 Å². The number of carbonyl (C=O) groups is 1. The second-order valence-corrected chi connectivity index (χ2v) is 8.25. The minimum absolute atomic E-state index is 0.0458. The first-order valence-corrected chi connectivity index (χ1v) is 10.9. The molecule has 31 heavy (non-hydrogen) atoms. The summed E-state index contributed by atoms with van der Waals surface area (Å²) >= 11 is 6.54. The van der Waals surface area contributed by atoms with E-state index in [2.05, 4.69) is 5.10 Å². The SMILES string of the molecule is Cc1nn(-c2ccccc2)c(Cl)c1C=CC(=O)N1CCC(C(O)c2ccccc2)CC1. The molecule has 4 rings (SSSR count). The molecule has 1 atom stereocenters. The first kappa shape index (κ1) is 21.3. The van der Waals surface area contributed by atoms with Crippen LogP contribution in [0.1, 0.15) is 35.8 Å². The van der Waals surface area contributed by atoms with E-state index >= 15 is 0 Å². The van der Waals surface area contributed by atoms with Crippen molar-refractivity contribution >= 4 is 23.6 Å². The first-order chi connectivity index (χ1) is 15.0. The zero-order chi connectivity index (χ0) is 21.8. The van der Waals surface area contributed by atoms with Crippen molar-refractivity contribution in [2.75, 3.05) is 13.1 Å². The molecule has 1 unspecified atom stereocenters. The molecule has 1 amide bonds. The highest BCUT2D eigenvalue weighted by Gasteiger charge is 2.27. The lowest BCUT2D eigenvalue weighted by molar-refractivity contribution is -0.127. The first-order valence-electron chi connectivity index (χ1n) is 10.5. The molecule has 1 aliphatic rings. The van der Waals surface area contributed by atoms with E-state index in [0.29, 0.717) is 18.2 Å². The van der Waals surface area contributed by atoms with Crippen molar-refractivity contribution in [1.82, 2.24) is 14.7 Å². The molecule has 1 aliphatic heterocycles. The number of aliphatic hydroxyl groups is 1. The lowest BCUT2D eigenvalue weighted by atomic mass is 9.87. The Labute approximate surface area is 187 Å². The maximum absolute atomic E-state index is 12.7. The number of rotatable bonds is 5. The fraction of sp³-hybridized carbons (Fsp3) is 0.280. The maximum Gasteiger partial charge on any atom is 0.246 e. The van der Waals surface area contributed by atoms with Crippen LogP contribution in [0.4, 0.5) is 0 Å². The molecule has 1 aromatic heterocycles. The predicted molar refractivity (Wildman–Crippen MR) is 123 cm³/mol. The minimum Gasteiger partial charge on any atom is -0.388 e. The molecule has 0 spiro atoms. The summed E-state index contributed by atoms with van der Waals surface area (Å²) in [6, 6.07) is 19.4. The number of para-hydroxylation sites is 1. The second-order valence-electron chi connectivity index (χ2n) is 7.89. The van der Waals surface area contributed by atoms with E-state index in [1.807, 2.05) is 72.5 Å². The fourth-order valence-electron chi connectivity index (χ4n) is 4.06. The van der Waals surface area contributed by atoms with Gasteiger partial charge in [0, 0.05) is 24.7 Å². The summed E-state index contributed by atoms with van der Waals surface area (Å²) in [5, 5.41) is 15.6. The van der Waals surface area contributed by atoms with Gasteiger partial charge in [-0.25, -0.2) is 4.68 Å².